The van der Waals surface area contributed by atoms with E-state index in [1.165, 1.54) is 18.2 Å². The number of benzene rings is 1. The van der Waals surface area contributed by atoms with Gasteiger partial charge in [-0.05, 0) is 30.2 Å². The van der Waals surface area contributed by atoms with Crippen LogP contribution in [0.3, 0.4) is 0 Å². The molecule has 1 aliphatic heterocycles. The second kappa shape index (κ2) is 6.49. The van der Waals surface area contributed by atoms with E-state index >= 15 is 0 Å². The number of oxime groups is 1. The molecule has 0 spiro atoms. The van der Waals surface area contributed by atoms with E-state index in [4.69, 9.17) is 10.5 Å². The highest BCUT2D eigenvalue weighted by atomic mass is 19.1. The van der Waals surface area contributed by atoms with Crippen molar-refractivity contribution in [3.05, 3.63) is 35.1 Å². The van der Waals surface area contributed by atoms with Crippen molar-refractivity contribution in [2.45, 2.75) is 26.3 Å². The van der Waals surface area contributed by atoms with Crippen LogP contribution in [-0.2, 0) is 6.54 Å². The number of nitriles is 1. The molecule has 0 aromatic heterocycles. The van der Waals surface area contributed by atoms with Crippen LogP contribution >= 0.6 is 0 Å². The molecule has 1 heterocycles. The van der Waals surface area contributed by atoms with Crippen LogP contribution in [0.1, 0.15) is 30.9 Å². The van der Waals surface area contributed by atoms with Gasteiger partial charge in [0.2, 0.25) is 0 Å². The highest BCUT2D eigenvalue weighted by Crippen LogP contribution is 2.21. The van der Waals surface area contributed by atoms with Crippen LogP contribution in [0.25, 0.3) is 0 Å². The molecule has 1 aromatic rings. The monoisotopic (exact) mass is 275 g/mol. The minimum atomic E-state index is -0.319. The largest absolute Gasteiger partial charge is 0.411 e. The molecule has 1 atom stereocenters. The molecule has 4 nitrogen and oxygen atoms in total. The highest BCUT2D eigenvalue weighted by Gasteiger charge is 2.25. The summed E-state index contributed by atoms with van der Waals surface area (Å²) in [5.74, 6) is -0.0893. The first kappa shape index (κ1) is 14.5. The Morgan fingerprint density at radius 2 is 2.35 bits per heavy atom. The molecule has 20 heavy (non-hydrogen) atoms. The molecular weight excluding hydrogens is 257 g/mol. The number of hydrogen-bond donors (Lipinski definition) is 1. The Bertz CT molecular complexity index is 551. The van der Waals surface area contributed by atoms with Crippen molar-refractivity contribution in [2.24, 2.45) is 11.1 Å². The minimum Gasteiger partial charge on any atom is -0.411 e. The molecule has 1 saturated heterocycles. The Morgan fingerprint density at radius 3 is 3.00 bits per heavy atom. The normalized spacial score (nSPS) is 21.9. The fourth-order valence-electron chi connectivity index (χ4n) is 2.67. The van der Waals surface area contributed by atoms with Crippen LogP contribution in [0.15, 0.2) is 23.4 Å². The molecule has 0 saturated carbocycles. The molecule has 1 aromatic carbocycles. The van der Waals surface area contributed by atoms with Crippen LogP contribution in [0.5, 0.6) is 0 Å². The summed E-state index contributed by atoms with van der Waals surface area (Å²) >= 11 is 0. The molecular formula is C15H18FN3O. The zero-order valence-electron chi connectivity index (χ0n) is 11.5. The molecule has 0 radical (unpaired) electrons. The van der Waals surface area contributed by atoms with Gasteiger partial charge in [-0.25, -0.2) is 4.39 Å². The van der Waals surface area contributed by atoms with Gasteiger partial charge in [-0.3, -0.25) is 4.90 Å². The predicted octanol–water partition coefficient (Wildman–Crippen LogP) is 2.76. The summed E-state index contributed by atoms with van der Waals surface area (Å²) in [5.41, 5.74) is 2.07. The maximum atomic E-state index is 13.3. The summed E-state index contributed by atoms with van der Waals surface area (Å²) in [5, 5.41) is 21.4. The Morgan fingerprint density at radius 1 is 1.55 bits per heavy atom. The van der Waals surface area contributed by atoms with E-state index in [0.29, 0.717) is 24.1 Å². The summed E-state index contributed by atoms with van der Waals surface area (Å²) in [6.07, 6.45) is 1.62. The first-order valence-electron chi connectivity index (χ1n) is 6.79. The molecule has 5 heteroatoms. The summed E-state index contributed by atoms with van der Waals surface area (Å²) in [7, 11) is 0. The number of nitrogens with zero attached hydrogens (tertiary/aromatic N) is 3. The second-order valence-electron chi connectivity index (χ2n) is 5.09. The first-order chi connectivity index (χ1) is 9.67. The Kier molecular flexibility index (Phi) is 4.70. The van der Waals surface area contributed by atoms with Gasteiger partial charge in [-0.1, -0.05) is 12.1 Å². The fourth-order valence-corrected chi connectivity index (χ4v) is 2.67. The van der Waals surface area contributed by atoms with Gasteiger partial charge in [-0.15, -0.1) is 0 Å². The van der Waals surface area contributed by atoms with E-state index in [2.05, 4.69) is 23.0 Å². The van der Waals surface area contributed by atoms with E-state index < -0.39 is 0 Å². The number of rotatable bonds is 3. The van der Waals surface area contributed by atoms with Crippen molar-refractivity contribution in [3.8, 4) is 6.07 Å². The standard InChI is InChI=1S/C15H18FN3O/c1-2-11-9-19(6-5-15(11)18-20)10-13-7-14(16)4-3-12(13)8-17/h3-4,7,11,20H,2,5-6,9-10H2,1H3/b18-15+. The minimum absolute atomic E-state index is 0.229. The molecule has 1 fully saturated rings. The zero-order chi connectivity index (χ0) is 14.5. The molecule has 0 bridgehead atoms. The third kappa shape index (κ3) is 3.14. The van der Waals surface area contributed by atoms with Crippen LogP contribution in [0, 0.1) is 23.1 Å². The van der Waals surface area contributed by atoms with Crippen LogP contribution in [-0.4, -0.2) is 28.9 Å². The van der Waals surface area contributed by atoms with Gasteiger partial charge in [0, 0.05) is 32.0 Å². The summed E-state index contributed by atoms with van der Waals surface area (Å²) in [6.45, 7) is 4.15. The quantitative estimate of drug-likeness (QED) is 0.681. The topological polar surface area (TPSA) is 59.6 Å². The van der Waals surface area contributed by atoms with E-state index in [1.54, 1.807) is 0 Å². The average Bonchev–Trinajstić information content (AvgIpc) is 2.47. The number of hydrogen-bond acceptors (Lipinski definition) is 4. The number of piperidine rings is 1. The van der Waals surface area contributed by atoms with Gasteiger partial charge >= 0.3 is 0 Å². The Balaban J connectivity index is 2.12. The molecule has 1 unspecified atom stereocenters. The molecule has 106 valence electrons. The first-order valence-corrected chi connectivity index (χ1v) is 6.79. The van der Waals surface area contributed by atoms with Crippen molar-refractivity contribution >= 4 is 5.71 Å². The molecule has 1 aliphatic rings. The smallest absolute Gasteiger partial charge is 0.123 e. The van der Waals surface area contributed by atoms with E-state index in [9.17, 15) is 4.39 Å². The molecule has 0 aliphatic carbocycles. The van der Waals surface area contributed by atoms with E-state index in [1.807, 2.05) is 0 Å². The second-order valence-corrected chi connectivity index (χ2v) is 5.09. The van der Waals surface area contributed by atoms with Crippen molar-refractivity contribution in [1.82, 2.24) is 4.90 Å². The van der Waals surface area contributed by atoms with Crippen molar-refractivity contribution in [2.75, 3.05) is 13.1 Å². The lowest BCUT2D eigenvalue weighted by atomic mass is 9.92. The SMILES string of the molecule is CCC1CN(Cc2cc(F)ccc2C#N)CC/C1=N\O. The van der Waals surface area contributed by atoms with Gasteiger partial charge in [-0.2, -0.15) is 5.26 Å². The van der Waals surface area contributed by atoms with Gasteiger partial charge in [0.15, 0.2) is 0 Å². The summed E-state index contributed by atoms with van der Waals surface area (Å²) in [6, 6.07) is 6.36. The lowest BCUT2D eigenvalue weighted by molar-refractivity contribution is 0.220. The maximum Gasteiger partial charge on any atom is 0.123 e. The maximum absolute atomic E-state index is 13.3. The lowest BCUT2D eigenvalue weighted by Gasteiger charge is -2.32. The van der Waals surface area contributed by atoms with Crippen LogP contribution < -0.4 is 0 Å². The Labute approximate surface area is 118 Å². The van der Waals surface area contributed by atoms with Gasteiger partial charge < -0.3 is 5.21 Å². The number of halogens is 1. The Hall–Kier alpha value is -1.93. The van der Waals surface area contributed by atoms with Crippen molar-refractivity contribution in [1.29, 1.82) is 5.26 Å². The van der Waals surface area contributed by atoms with Crippen LogP contribution in [0.2, 0.25) is 0 Å². The average molecular weight is 275 g/mol. The third-order valence-electron chi connectivity index (χ3n) is 3.84. The van der Waals surface area contributed by atoms with E-state index in [0.717, 1.165) is 25.2 Å². The summed E-state index contributed by atoms with van der Waals surface area (Å²) < 4.78 is 13.3. The zero-order valence-corrected chi connectivity index (χ0v) is 11.5. The predicted molar refractivity (Wildman–Crippen MR) is 74.0 cm³/mol. The highest BCUT2D eigenvalue weighted by molar-refractivity contribution is 5.87. The third-order valence-corrected chi connectivity index (χ3v) is 3.84. The molecule has 2 rings (SSSR count). The van der Waals surface area contributed by atoms with E-state index in [-0.39, 0.29) is 11.7 Å². The fraction of sp³-hybridized carbons (Fsp3) is 0.467. The van der Waals surface area contributed by atoms with Gasteiger partial charge in [0.1, 0.15) is 5.82 Å². The van der Waals surface area contributed by atoms with Gasteiger partial charge in [0.25, 0.3) is 0 Å². The molecule has 1 N–H and O–H groups in total. The number of likely N-dealkylation sites (tertiary alicyclic amines) is 1. The van der Waals surface area contributed by atoms with Crippen molar-refractivity contribution in [3.63, 3.8) is 0 Å². The van der Waals surface area contributed by atoms with Crippen molar-refractivity contribution < 1.29 is 9.60 Å². The lowest BCUT2D eigenvalue weighted by Crippen LogP contribution is -2.40. The van der Waals surface area contributed by atoms with Gasteiger partial charge in [0.05, 0.1) is 17.3 Å². The summed E-state index contributed by atoms with van der Waals surface area (Å²) in [4.78, 5) is 2.18. The van der Waals surface area contributed by atoms with Crippen LogP contribution in [0.4, 0.5) is 4.39 Å². The molecule has 0 amide bonds.